The Balaban J connectivity index is 1.78. The van der Waals surface area contributed by atoms with E-state index in [-0.39, 0.29) is 5.25 Å². The monoisotopic (exact) mass is 308 g/mol. The van der Waals surface area contributed by atoms with Crippen molar-refractivity contribution in [3.8, 4) is 11.6 Å². The van der Waals surface area contributed by atoms with Crippen LogP contribution in [-0.2, 0) is 0 Å². The van der Waals surface area contributed by atoms with Gasteiger partial charge in [0, 0.05) is 16.3 Å². The zero-order valence-electron chi connectivity index (χ0n) is 11.3. The Kier molecular flexibility index (Phi) is 3.89. The minimum atomic E-state index is 0.289. The van der Waals surface area contributed by atoms with E-state index in [0.29, 0.717) is 27.8 Å². The number of nitrogens with two attached hydrogens (primary N) is 1. The summed E-state index contributed by atoms with van der Waals surface area (Å²) in [6, 6.07) is 3.57. The zero-order chi connectivity index (χ0) is 14.1. The molecule has 2 aromatic heterocycles. The molecule has 1 aliphatic rings. The standard InChI is InChI=1S/C13H16N4OS2/c1-7-8(2)20-11(6-19-7)12-16-13(18-17-12)10-4-3-9(14)5-15-10/h3-5,7-8,11H,6,14H2,1-2H3. The number of aromatic nitrogens is 3. The molecule has 0 amide bonds. The maximum Gasteiger partial charge on any atom is 0.276 e. The maximum absolute atomic E-state index is 5.62. The fourth-order valence-corrected chi connectivity index (χ4v) is 4.75. The fourth-order valence-electron chi connectivity index (χ4n) is 1.92. The molecule has 0 radical (unpaired) electrons. The molecule has 7 heteroatoms. The van der Waals surface area contributed by atoms with Gasteiger partial charge in [0.25, 0.3) is 5.89 Å². The minimum absolute atomic E-state index is 0.289. The number of pyridine rings is 1. The molecule has 1 saturated heterocycles. The highest BCUT2D eigenvalue weighted by Gasteiger charge is 2.30. The Bertz CT molecular complexity index is 586. The normalized spacial score (nSPS) is 26.6. The summed E-state index contributed by atoms with van der Waals surface area (Å²) in [5, 5.41) is 5.66. The van der Waals surface area contributed by atoms with Gasteiger partial charge in [0.05, 0.1) is 17.1 Å². The number of hydrogen-bond acceptors (Lipinski definition) is 7. The van der Waals surface area contributed by atoms with E-state index in [1.165, 1.54) is 0 Å². The second-order valence-electron chi connectivity index (χ2n) is 4.80. The summed E-state index contributed by atoms with van der Waals surface area (Å²) >= 11 is 3.87. The molecule has 106 valence electrons. The molecule has 0 aromatic carbocycles. The van der Waals surface area contributed by atoms with Gasteiger partial charge in [-0.1, -0.05) is 19.0 Å². The lowest BCUT2D eigenvalue weighted by Gasteiger charge is -2.29. The molecule has 0 saturated carbocycles. The summed E-state index contributed by atoms with van der Waals surface area (Å²) in [7, 11) is 0. The predicted molar refractivity (Wildman–Crippen MR) is 83.7 cm³/mol. The van der Waals surface area contributed by atoms with Crippen molar-refractivity contribution in [3.63, 3.8) is 0 Å². The SMILES string of the molecule is CC1SCC(c2noc(-c3ccc(N)cn3)n2)SC1C. The van der Waals surface area contributed by atoms with Crippen molar-refractivity contribution >= 4 is 29.2 Å². The lowest BCUT2D eigenvalue weighted by Crippen LogP contribution is -2.22. The number of nitrogen functional groups attached to an aromatic ring is 1. The molecule has 3 rings (SSSR count). The van der Waals surface area contributed by atoms with E-state index in [9.17, 15) is 0 Å². The summed E-state index contributed by atoms with van der Waals surface area (Å²) in [4.78, 5) is 8.68. The summed E-state index contributed by atoms with van der Waals surface area (Å²) in [6.07, 6.45) is 1.59. The molecule has 1 fully saturated rings. The Morgan fingerprint density at radius 3 is 2.85 bits per heavy atom. The second-order valence-corrected chi connectivity index (χ2v) is 7.80. The quantitative estimate of drug-likeness (QED) is 0.913. The number of anilines is 1. The Morgan fingerprint density at radius 2 is 2.15 bits per heavy atom. The van der Waals surface area contributed by atoms with Gasteiger partial charge in [-0.2, -0.15) is 16.7 Å². The zero-order valence-corrected chi connectivity index (χ0v) is 12.9. The van der Waals surface area contributed by atoms with Gasteiger partial charge in [0.2, 0.25) is 0 Å². The van der Waals surface area contributed by atoms with Crippen molar-refractivity contribution in [1.29, 1.82) is 0 Å². The van der Waals surface area contributed by atoms with Crippen LogP contribution < -0.4 is 5.73 Å². The van der Waals surface area contributed by atoms with Crippen LogP contribution in [0.5, 0.6) is 0 Å². The molecule has 0 bridgehead atoms. The number of thioether (sulfide) groups is 2. The van der Waals surface area contributed by atoms with Gasteiger partial charge in [0.1, 0.15) is 5.69 Å². The fraction of sp³-hybridized carbons (Fsp3) is 0.462. The van der Waals surface area contributed by atoms with Gasteiger partial charge >= 0.3 is 0 Å². The third-order valence-electron chi connectivity index (χ3n) is 3.29. The van der Waals surface area contributed by atoms with Gasteiger partial charge in [-0.05, 0) is 12.1 Å². The van der Waals surface area contributed by atoms with Gasteiger partial charge in [-0.3, -0.25) is 0 Å². The van der Waals surface area contributed by atoms with E-state index in [1.54, 1.807) is 18.3 Å². The van der Waals surface area contributed by atoms with E-state index >= 15 is 0 Å². The van der Waals surface area contributed by atoms with Gasteiger partial charge in [-0.25, -0.2) is 4.98 Å². The average Bonchev–Trinajstić information content (AvgIpc) is 2.92. The first kappa shape index (κ1) is 13.8. The molecule has 20 heavy (non-hydrogen) atoms. The molecule has 3 unspecified atom stereocenters. The second kappa shape index (κ2) is 5.65. The van der Waals surface area contributed by atoms with Crippen LogP contribution in [0, 0.1) is 0 Å². The lowest BCUT2D eigenvalue weighted by molar-refractivity contribution is 0.421. The Hall–Kier alpha value is -1.21. The van der Waals surface area contributed by atoms with Crippen molar-refractivity contribution in [3.05, 3.63) is 24.2 Å². The minimum Gasteiger partial charge on any atom is -0.397 e. The summed E-state index contributed by atoms with van der Waals surface area (Å²) in [5.74, 6) is 2.23. The number of nitrogens with zero attached hydrogens (tertiary/aromatic N) is 3. The van der Waals surface area contributed by atoms with Crippen molar-refractivity contribution in [2.45, 2.75) is 29.6 Å². The van der Waals surface area contributed by atoms with Crippen LogP contribution in [0.4, 0.5) is 5.69 Å². The molecular weight excluding hydrogens is 292 g/mol. The topological polar surface area (TPSA) is 77.8 Å². The first-order valence-corrected chi connectivity index (χ1v) is 8.45. The summed E-state index contributed by atoms with van der Waals surface area (Å²) in [6.45, 7) is 4.51. The number of rotatable bonds is 2. The van der Waals surface area contributed by atoms with Crippen LogP contribution in [0.3, 0.4) is 0 Å². The molecule has 2 N–H and O–H groups in total. The molecule has 0 spiro atoms. The van der Waals surface area contributed by atoms with Crippen molar-refractivity contribution in [2.24, 2.45) is 0 Å². The Morgan fingerprint density at radius 1 is 1.30 bits per heavy atom. The first-order chi connectivity index (χ1) is 9.63. The predicted octanol–water partition coefficient (Wildman–Crippen LogP) is 3.01. The van der Waals surface area contributed by atoms with E-state index in [2.05, 4.69) is 29.0 Å². The van der Waals surface area contributed by atoms with Crippen molar-refractivity contribution in [2.75, 3.05) is 11.5 Å². The smallest absolute Gasteiger partial charge is 0.276 e. The van der Waals surface area contributed by atoms with Crippen molar-refractivity contribution < 1.29 is 4.52 Å². The van der Waals surface area contributed by atoms with Crippen LogP contribution in [0.2, 0.25) is 0 Å². The van der Waals surface area contributed by atoms with E-state index in [1.807, 2.05) is 23.5 Å². The third-order valence-corrected chi connectivity index (χ3v) is 6.67. The third kappa shape index (κ3) is 2.78. The van der Waals surface area contributed by atoms with Crippen LogP contribution in [0.25, 0.3) is 11.6 Å². The van der Waals surface area contributed by atoms with Crippen molar-refractivity contribution in [1.82, 2.24) is 15.1 Å². The van der Waals surface area contributed by atoms with Crippen LogP contribution in [0.1, 0.15) is 24.9 Å². The first-order valence-electron chi connectivity index (χ1n) is 6.46. The molecule has 3 atom stereocenters. The molecule has 0 aliphatic carbocycles. The highest BCUT2D eigenvalue weighted by Crippen LogP contribution is 2.43. The van der Waals surface area contributed by atoms with E-state index < -0.39 is 0 Å². The van der Waals surface area contributed by atoms with Gasteiger partial charge in [-0.15, -0.1) is 11.8 Å². The summed E-state index contributed by atoms with van der Waals surface area (Å²) < 4.78 is 5.32. The largest absolute Gasteiger partial charge is 0.397 e. The molecule has 3 heterocycles. The van der Waals surface area contributed by atoms with Crippen LogP contribution >= 0.6 is 23.5 Å². The maximum atomic E-state index is 5.62. The van der Waals surface area contributed by atoms with E-state index in [0.717, 1.165) is 11.6 Å². The molecular formula is C13H16N4OS2. The molecule has 2 aromatic rings. The molecule has 5 nitrogen and oxygen atoms in total. The lowest BCUT2D eigenvalue weighted by atomic mass is 10.3. The Labute approximate surface area is 126 Å². The van der Waals surface area contributed by atoms with Crippen LogP contribution in [0.15, 0.2) is 22.9 Å². The van der Waals surface area contributed by atoms with Crippen LogP contribution in [-0.4, -0.2) is 31.4 Å². The number of hydrogen-bond donors (Lipinski definition) is 1. The van der Waals surface area contributed by atoms with Gasteiger partial charge < -0.3 is 10.3 Å². The van der Waals surface area contributed by atoms with E-state index in [4.69, 9.17) is 10.3 Å². The highest BCUT2D eigenvalue weighted by atomic mass is 32.2. The highest BCUT2D eigenvalue weighted by molar-refractivity contribution is 8.07. The van der Waals surface area contributed by atoms with Gasteiger partial charge in [0.15, 0.2) is 5.82 Å². The average molecular weight is 308 g/mol. The summed E-state index contributed by atoms with van der Waals surface area (Å²) in [5.41, 5.74) is 6.90. The molecule has 1 aliphatic heterocycles.